The van der Waals surface area contributed by atoms with Crippen LogP contribution in [-0.2, 0) is 11.8 Å². The van der Waals surface area contributed by atoms with Gasteiger partial charge in [0.25, 0.3) is 0 Å². The van der Waals surface area contributed by atoms with Crippen molar-refractivity contribution < 1.29 is 9.53 Å². The van der Waals surface area contributed by atoms with Crippen LogP contribution in [0.5, 0.6) is 0 Å². The zero-order chi connectivity index (χ0) is 13.3. The lowest BCUT2D eigenvalue weighted by atomic mass is 10.2. The van der Waals surface area contributed by atoms with Crippen molar-refractivity contribution in [2.24, 2.45) is 7.05 Å². The summed E-state index contributed by atoms with van der Waals surface area (Å²) in [6.07, 6.45) is 1.53. The first-order valence-electron chi connectivity index (χ1n) is 5.91. The van der Waals surface area contributed by atoms with Crippen molar-refractivity contribution >= 4 is 22.7 Å². The van der Waals surface area contributed by atoms with Gasteiger partial charge in [0.2, 0.25) is 0 Å². The minimum absolute atomic E-state index is 0.432. The number of aryl methyl sites for hydroxylation is 1. The van der Waals surface area contributed by atoms with Gasteiger partial charge in [0.1, 0.15) is 5.60 Å². The highest BCUT2D eigenvalue weighted by Crippen LogP contribution is 2.24. The van der Waals surface area contributed by atoms with E-state index in [9.17, 15) is 4.79 Å². The number of nitrogens with one attached hydrogen (secondary N) is 1. The summed E-state index contributed by atoms with van der Waals surface area (Å²) < 4.78 is 7.25. The Balaban J connectivity index is 2.24. The van der Waals surface area contributed by atoms with Gasteiger partial charge in [-0.05, 0) is 39.0 Å². The van der Waals surface area contributed by atoms with Crippen molar-refractivity contribution in [1.29, 1.82) is 0 Å². The van der Waals surface area contributed by atoms with E-state index in [0.717, 1.165) is 16.6 Å². The minimum Gasteiger partial charge on any atom is -0.444 e. The third-order valence-electron chi connectivity index (χ3n) is 2.56. The zero-order valence-corrected chi connectivity index (χ0v) is 11.2. The number of hydrogen-bond donors (Lipinski definition) is 1. The van der Waals surface area contributed by atoms with Crippen LogP contribution in [0.4, 0.5) is 10.5 Å². The molecule has 1 aromatic carbocycles. The third-order valence-corrected chi connectivity index (χ3v) is 2.56. The summed E-state index contributed by atoms with van der Waals surface area (Å²) in [4.78, 5) is 11.7. The van der Waals surface area contributed by atoms with Gasteiger partial charge in [-0.25, -0.2) is 4.79 Å². The second-order valence-corrected chi connectivity index (χ2v) is 5.29. The number of benzene rings is 1. The van der Waals surface area contributed by atoms with Crippen molar-refractivity contribution in [2.45, 2.75) is 26.4 Å². The predicted molar refractivity (Wildman–Crippen MR) is 72.8 cm³/mol. The Labute approximate surface area is 107 Å². The molecule has 1 heterocycles. The number of rotatable bonds is 1. The number of nitrogens with zero attached hydrogens (tertiary/aromatic N) is 1. The van der Waals surface area contributed by atoms with Gasteiger partial charge in [-0.2, -0.15) is 0 Å². The number of amides is 1. The van der Waals surface area contributed by atoms with Crippen molar-refractivity contribution in [3.05, 3.63) is 30.5 Å². The normalized spacial score (nSPS) is 11.6. The second-order valence-electron chi connectivity index (χ2n) is 5.29. The maximum atomic E-state index is 11.7. The van der Waals surface area contributed by atoms with Crippen LogP contribution in [0, 0.1) is 0 Å². The van der Waals surface area contributed by atoms with E-state index >= 15 is 0 Å². The van der Waals surface area contributed by atoms with Crippen LogP contribution in [0.2, 0.25) is 0 Å². The Morgan fingerprint density at radius 3 is 2.67 bits per heavy atom. The van der Waals surface area contributed by atoms with Crippen LogP contribution in [0.25, 0.3) is 10.9 Å². The number of fused-ring (bicyclic) bond motifs is 1. The number of aromatic nitrogens is 1. The van der Waals surface area contributed by atoms with E-state index in [2.05, 4.69) is 5.32 Å². The summed E-state index contributed by atoms with van der Waals surface area (Å²) in [7, 11) is 1.97. The third kappa shape index (κ3) is 2.64. The van der Waals surface area contributed by atoms with Crippen molar-refractivity contribution in [2.75, 3.05) is 5.32 Å². The molecule has 0 saturated carbocycles. The lowest BCUT2D eigenvalue weighted by Crippen LogP contribution is -2.27. The number of carbonyl (C=O) groups excluding carboxylic acids is 1. The maximum absolute atomic E-state index is 11.7. The summed E-state index contributed by atoms with van der Waals surface area (Å²) in [6, 6.07) is 7.76. The zero-order valence-electron chi connectivity index (χ0n) is 11.2. The fraction of sp³-hybridized carbons (Fsp3) is 0.357. The van der Waals surface area contributed by atoms with E-state index in [4.69, 9.17) is 4.74 Å². The molecule has 0 saturated heterocycles. The minimum atomic E-state index is -0.491. The van der Waals surface area contributed by atoms with Crippen molar-refractivity contribution in [3.8, 4) is 0 Å². The van der Waals surface area contributed by atoms with Crippen LogP contribution in [-0.4, -0.2) is 16.3 Å². The smallest absolute Gasteiger partial charge is 0.412 e. The van der Waals surface area contributed by atoms with Crippen molar-refractivity contribution in [3.63, 3.8) is 0 Å². The highest BCUT2D eigenvalue weighted by atomic mass is 16.6. The molecule has 0 unspecified atom stereocenters. The van der Waals surface area contributed by atoms with E-state index in [1.807, 2.05) is 62.8 Å². The molecule has 0 aliphatic rings. The first kappa shape index (κ1) is 12.5. The fourth-order valence-corrected chi connectivity index (χ4v) is 1.82. The summed E-state index contributed by atoms with van der Waals surface area (Å²) in [5, 5.41) is 3.79. The Morgan fingerprint density at radius 2 is 2.00 bits per heavy atom. The number of hydrogen-bond acceptors (Lipinski definition) is 2. The topological polar surface area (TPSA) is 43.3 Å². The predicted octanol–water partition coefficient (Wildman–Crippen LogP) is 3.53. The number of carbonyl (C=O) groups is 1. The van der Waals surface area contributed by atoms with Crippen LogP contribution in [0.3, 0.4) is 0 Å². The standard InChI is InChI=1S/C14H18N2O2/c1-14(2,3)18-13(17)15-11-6-5-7-12-10(11)8-9-16(12)4/h5-9H,1-4H3,(H,15,17). The maximum Gasteiger partial charge on any atom is 0.412 e. The van der Waals surface area contributed by atoms with Gasteiger partial charge in [-0.15, -0.1) is 0 Å². The van der Waals surface area contributed by atoms with Gasteiger partial charge in [0.05, 0.1) is 5.69 Å². The van der Waals surface area contributed by atoms with E-state index in [0.29, 0.717) is 0 Å². The Morgan fingerprint density at radius 1 is 1.28 bits per heavy atom. The molecular weight excluding hydrogens is 228 g/mol. The van der Waals surface area contributed by atoms with E-state index in [1.54, 1.807) is 0 Å². The van der Waals surface area contributed by atoms with Gasteiger partial charge in [-0.1, -0.05) is 6.07 Å². The van der Waals surface area contributed by atoms with E-state index in [-0.39, 0.29) is 0 Å². The molecule has 1 aromatic heterocycles. The molecule has 0 radical (unpaired) electrons. The second kappa shape index (κ2) is 4.37. The van der Waals surface area contributed by atoms with E-state index < -0.39 is 11.7 Å². The fourth-order valence-electron chi connectivity index (χ4n) is 1.82. The highest BCUT2D eigenvalue weighted by molar-refractivity contribution is 5.99. The molecular formula is C14H18N2O2. The molecule has 96 valence electrons. The average Bonchev–Trinajstić information content (AvgIpc) is 2.59. The van der Waals surface area contributed by atoms with Crippen LogP contribution in [0.1, 0.15) is 20.8 Å². The Hall–Kier alpha value is -1.97. The SMILES string of the molecule is Cn1ccc2c(NC(=O)OC(C)(C)C)cccc21. The molecule has 1 amide bonds. The molecule has 1 N–H and O–H groups in total. The molecule has 18 heavy (non-hydrogen) atoms. The Bertz CT molecular complexity index is 579. The summed E-state index contributed by atoms with van der Waals surface area (Å²) in [6.45, 7) is 5.53. The van der Waals surface area contributed by atoms with Gasteiger partial charge >= 0.3 is 6.09 Å². The molecule has 4 nitrogen and oxygen atoms in total. The van der Waals surface area contributed by atoms with Crippen LogP contribution < -0.4 is 5.32 Å². The molecule has 0 atom stereocenters. The lowest BCUT2D eigenvalue weighted by molar-refractivity contribution is 0.0636. The molecule has 0 aliphatic carbocycles. The summed E-state index contributed by atoms with van der Waals surface area (Å²) >= 11 is 0. The van der Waals surface area contributed by atoms with Crippen molar-refractivity contribution in [1.82, 2.24) is 4.57 Å². The summed E-state index contributed by atoms with van der Waals surface area (Å²) in [5.41, 5.74) is 1.35. The molecule has 0 fully saturated rings. The van der Waals surface area contributed by atoms with Gasteiger partial charge < -0.3 is 9.30 Å². The molecule has 0 aliphatic heterocycles. The first-order valence-corrected chi connectivity index (χ1v) is 5.91. The first-order chi connectivity index (χ1) is 8.37. The highest BCUT2D eigenvalue weighted by Gasteiger charge is 2.17. The quantitative estimate of drug-likeness (QED) is 0.836. The van der Waals surface area contributed by atoms with Gasteiger partial charge in [-0.3, -0.25) is 5.32 Å². The van der Waals surface area contributed by atoms with Gasteiger partial charge in [0, 0.05) is 24.1 Å². The largest absolute Gasteiger partial charge is 0.444 e. The number of anilines is 1. The van der Waals surface area contributed by atoms with E-state index in [1.165, 1.54) is 0 Å². The monoisotopic (exact) mass is 246 g/mol. The molecule has 0 spiro atoms. The van der Waals surface area contributed by atoms with Crippen LogP contribution in [0.15, 0.2) is 30.5 Å². The molecule has 0 bridgehead atoms. The van der Waals surface area contributed by atoms with Gasteiger partial charge in [0.15, 0.2) is 0 Å². The Kier molecular flexibility index (Phi) is 3.03. The molecule has 4 heteroatoms. The van der Waals surface area contributed by atoms with Crippen LogP contribution >= 0.6 is 0 Å². The molecule has 2 aromatic rings. The summed E-state index contributed by atoms with van der Waals surface area (Å²) in [5.74, 6) is 0. The average molecular weight is 246 g/mol. The lowest BCUT2D eigenvalue weighted by Gasteiger charge is -2.19. The molecule has 2 rings (SSSR count). The number of ether oxygens (including phenoxy) is 1.